The normalized spacial score (nSPS) is 13.0. The minimum absolute atomic E-state index is 0.159. The van der Waals surface area contributed by atoms with Crippen molar-refractivity contribution >= 4 is 5.97 Å². The highest BCUT2D eigenvalue weighted by Crippen LogP contribution is 2.00. The van der Waals surface area contributed by atoms with Gasteiger partial charge < -0.3 is 15.6 Å². The molecule has 0 heterocycles. The highest BCUT2D eigenvalue weighted by molar-refractivity contribution is 5.69. The van der Waals surface area contributed by atoms with Crippen LogP contribution in [0.15, 0.2) is 0 Å². The lowest BCUT2D eigenvalue weighted by molar-refractivity contribution is -0.141. The molecule has 60 valence electrons. The van der Waals surface area contributed by atoms with Gasteiger partial charge in [-0.2, -0.15) is 0 Å². The standard InChI is InChI=1S/C6H13NO3/c1-5(6(8)9)2-3-10-4-7/h5H,2-4,7H2,1H3,(H,8,9). The fraction of sp³-hybridized carbons (Fsp3) is 0.833. The van der Waals surface area contributed by atoms with Gasteiger partial charge in [-0.15, -0.1) is 0 Å². The Hall–Kier alpha value is -0.610. The summed E-state index contributed by atoms with van der Waals surface area (Å²) in [7, 11) is 0. The molecule has 4 nitrogen and oxygen atoms in total. The zero-order chi connectivity index (χ0) is 7.98. The molecular weight excluding hydrogens is 134 g/mol. The van der Waals surface area contributed by atoms with E-state index in [-0.39, 0.29) is 12.6 Å². The number of rotatable bonds is 5. The van der Waals surface area contributed by atoms with Crippen LogP contribution in [0.2, 0.25) is 0 Å². The molecule has 0 spiro atoms. The molecule has 0 radical (unpaired) electrons. The summed E-state index contributed by atoms with van der Waals surface area (Å²) >= 11 is 0. The van der Waals surface area contributed by atoms with Crippen molar-refractivity contribution in [3.05, 3.63) is 0 Å². The third-order valence-electron chi connectivity index (χ3n) is 1.23. The maximum absolute atomic E-state index is 10.2. The second-order valence-electron chi connectivity index (χ2n) is 2.10. The lowest BCUT2D eigenvalue weighted by Gasteiger charge is -2.04. The van der Waals surface area contributed by atoms with E-state index in [4.69, 9.17) is 15.6 Å². The minimum atomic E-state index is -0.791. The molecule has 0 rings (SSSR count). The molecule has 0 aromatic heterocycles. The van der Waals surface area contributed by atoms with Gasteiger partial charge in [0.05, 0.1) is 12.6 Å². The lowest BCUT2D eigenvalue weighted by atomic mass is 10.1. The topological polar surface area (TPSA) is 72.5 Å². The molecule has 0 aliphatic heterocycles. The van der Waals surface area contributed by atoms with Gasteiger partial charge in [-0.1, -0.05) is 6.92 Å². The van der Waals surface area contributed by atoms with Crippen molar-refractivity contribution < 1.29 is 14.6 Å². The molecule has 0 bridgehead atoms. The molecule has 1 unspecified atom stereocenters. The van der Waals surface area contributed by atoms with Gasteiger partial charge >= 0.3 is 5.97 Å². The molecule has 3 N–H and O–H groups in total. The van der Waals surface area contributed by atoms with Gasteiger partial charge in [0.2, 0.25) is 0 Å². The fourth-order valence-electron chi connectivity index (χ4n) is 0.467. The van der Waals surface area contributed by atoms with Crippen molar-refractivity contribution in [2.45, 2.75) is 13.3 Å². The van der Waals surface area contributed by atoms with Crippen molar-refractivity contribution in [2.24, 2.45) is 11.7 Å². The van der Waals surface area contributed by atoms with E-state index >= 15 is 0 Å². The van der Waals surface area contributed by atoms with E-state index in [2.05, 4.69) is 0 Å². The Morgan fingerprint density at radius 3 is 2.80 bits per heavy atom. The van der Waals surface area contributed by atoms with E-state index in [1.54, 1.807) is 6.92 Å². The maximum Gasteiger partial charge on any atom is 0.306 e. The number of carboxylic acid groups (broad SMARTS) is 1. The van der Waals surface area contributed by atoms with E-state index < -0.39 is 5.97 Å². The van der Waals surface area contributed by atoms with Crippen molar-refractivity contribution in [1.82, 2.24) is 0 Å². The Morgan fingerprint density at radius 1 is 1.80 bits per heavy atom. The van der Waals surface area contributed by atoms with E-state index in [0.717, 1.165) is 0 Å². The first-order chi connectivity index (χ1) is 4.68. The van der Waals surface area contributed by atoms with E-state index in [1.165, 1.54) is 0 Å². The number of hydrogen-bond donors (Lipinski definition) is 2. The van der Waals surface area contributed by atoms with Crippen molar-refractivity contribution in [1.29, 1.82) is 0 Å². The maximum atomic E-state index is 10.2. The average molecular weight is 147 g/mol. The number of carbonyl (C=O) groups is 1. The lowest BCUT2D eigenvalue weighted by Crippen LogP contribution is -2.14. The van der Waals surface area contributed by atoms with Crippen LogP contribution in [0.4, 0.5) is 0 Å². The Balaban J connectivity index is 3.21. The van der Waals surface area contributed by atoms with Crippen LogP contribution in [-0.4, -0.2) is 24.4 Å². The van der Waals surface area contributed by atoms with Gasteiger partial charge in [-0.3, -0.25) is 4.79 Å². The van der Waals surface area contributed by atoms with E-state index in [1.807, 2.05) is 0 Å². The third kappa shape index (κ3) is 4.29. The van der Waals surface area contributed by atoms with Crippen molar-refractivity contribution in [3.8, 4) is 0 Å². The number of ether oxygens (including phenoxy) is 1. The predicted molar refractivity (Wildman–Crippen MR) is 36.4 cm³/mol. The van der Waals surface area contributed by atoms with Crippen LogP contribution in [0.25, 0.3) is 0 Å². The van der Waals surface area contributed by atoms with Gasteiger partial charge in [0.15, 0.2) is 0 Å². The van der Waals surface area contributed by atoms with Gasteiger partial charge in [0, 0.05) is 6.61 Å². The monoisotopic (exact) mass is 147 g/mol. The summed E-state index contributed by atoms with van der Waals surface area (Å²) in [6, 6.07) is 0. The molecule has 0 aliphatic carbocycles. The molecule has 0 saturated carbocycles. The van der Waals surface area contributed by atoms with Crippen LogP contribution >= 0.6 is 0 Å². The highest BCUT2D eigenvalue weighted by atomic mass is 16.5. The zero-order valence-corrected chi connectivity index (χ0v) is 6.04. The smallest absolute Gasteiger partial charge is 0.306 e. The molecular formula is C6H13NO3. The number of carboxylic acids is 1. The van der Waals surface area contributed by atoms with Gasteiger partial charge in [-0.25, -0.2) is 0 Å². The van der Waals surface area contributed by atoms with Crippen molar-refractivity contribution in [2.75, 3.05) is 13.3 Å². The number of hydrogen-bond acceptors (Lipinski definition) is 3. The summed E-state index contributed by atoms with van der Waals surface area (Å²) in [5.41, 5.74) is 5.02. The number of aliphatic carboxylic acids is 1. The summed E-state index contributed by atoms with van der Waals surface area (Å²) < 4.78 is 4.77. The van der Waals surface area contributed by atoms with Crippen LogP contribution in [-0.2, 0) is 9.53 Å². The molecule has 4 heteroatoms. The summed E-state index contributed by atoms with van der Waals surface area (Å²) in [5, 5.41) is 8.39. The molecule has 0 saturated heterocycles. The van der Waals surface area contributed by atoms with Crippen LogP contribution < -0.4 is 5.73 Å². The van der Waals surface area contributed by atoms with Crippen molar-refractivity contribution in [3.63, 3.8) is 0 Å². The first-order valence-electron chi connectivity index (χ1n) is 3.19. The third-order valence-corrected chi connectivity index (χ3v) is 1.23. The predicted octanol–water partition coefficient (Wildman–Crippen LogP) is 0.0300. The zero-order valence-electron chi connectivity index (χ0n) is 6.04. The van der Waals surface area contributed by atoms with E-state index in [0.29, 0.717) is 13.0 Å². The first kappa shape index (κ1) is 9.39. The largest absolute Gasteiger partial charge is 0.481 e. The molecule has 0 fully saturated rings. The summed E-state index contributed by atoms with van der Waals surface area (Å²) in [4.78, 5) is 10.2. The van der Waals surface area contributed by atoms with Crippen LogP contribution in [0.1, 0.15) is 13.3 Å². The molecule has 0 aromatic rings. The van der Waals surface area contributed by atoms with Crippen LogP contribution in [0, 0.1) is 5.92 Å². The summed E-state index contributed by atoms with van der Waals surface area (Å²) in [6.07, 6.45) is 0.520. The fourth-order valence-corrected chi connectivity index (χ4v) is 0.467. The van der Waals surface area contributed by atoms with Gasteiger partial charge in [0.25, 0.3) is 0 Å². The summed E-state index contributed by atoms with van der Waals surface area (Å²) in [6.45, 7) is 2.22. The Bertz CT molecular complexity index is 105. The highest BCUT2D eigenvalue weighted by Gasteiger charge is 2.09. The molecule has 0 aliphatic rings. The second-order valence-corrected chi connectivity index (χ2v) is 2.10. The quantitative estimate of drug-likeness (QED) is 0.425. The van der Waals surface area contributed by atoms with Crippen LogP contribution in [0.3, 0.4) is 0 Å². The molecule has 1 atom stereocenters. The second kappa shape index (κ2) is 5.20. The van der Waals surface area contributed by atoms with E-state index in [9.17, 15) is 4.79 Å². The van der Waals surface area contributed by atoms with Crippen LogP contribution in [0.5, 0.6) is 0 Å². The van der Waals surface area contributed by atoms with Gasteiger partial charge in [-0.05, 0) is 6.42 Å². The minimum Gasteiger partial charge on any atom is -0.481 e. The molecule has 0 amide bonds. The SMILES string of the molecule is CC(CCOCN)C(=O)O. The summed E-state index contributed by atoms with van der Waals surface area (Å²) in [5.74, 6) is -1.13. The Labute approximate surface area is 60.0 Å². The molecule has 0 aromatic carbocycles. The van der Waals surface area contributed by atoms with Gasteiger partial charge in [0.1, 0.15) is 0 Å². The Morgan fingerprint density at radius 2 is 2.40 bits per heavy atom. The number of nitrogens with two attached hydrogens (primary N) is 1. The Kier molecular flexibility index (Phi) is 4.88. The molecule has 10 heavy (non-hydrogen) atoms. The first-order valence-corrected chi connectivity index (χ1v) is 3.19. The average Bonchev–Trinajstić information content (AvgIpc) is 1.88.